The Morgan fingerprint density at radius 1 is 1.03 bits per heavy atom. The number of carbonyl (C=O) groups is 4. The van der Waals surface area contributed by atoms with Crippen molar-refractivity contribution in [2.45, 2.75) is 40.2 Å². The molecule has 29 heavy (non-hydrogen) atoms. The molecule has 1 fully saturated rings. The summed E-state index contributed by atoms with van der Waals surface area (Å²) < 4.78 is 5.28. The van der Waals surface area contributed by atoms with Crippen LogP contribution >= 0.6 is 0 Å². The fourth-order valence-electron chi connectivity index (χ4n) is 4.31. The third-order valence-electron chi connectivity index (χ3n) is 5.54. The van der Waals surface area contributed by atoms with Crippen LogP contribution in [-0.4, -0.2) is 59.2 Å². The van der Waals surface area contributed by atoms with Crippen molar-refractivity contribution in [3.05, 3.63) is 35.4 Å². The van der Waals surface area contributed by atoms with Gasteiger partial charge in [-0.3, -0.25) is 19.3 Å². The van der Waals surface area contributed by atoms with Gasteiger partial charge in [0.25, 0.3) is 17.7 Å². The molecule has 0 aliphatic carbocycles. The van der Waals surface area contributed by atoms with E-state index in [1.165, 1.54) is 0 Å². The number of imide groups is 1. The number of piperidine rings is 1. The van der Waals surface area contributed by atoms with E-state index in [0.29, 0.717) is 24.9 Å². The predicted molar refractivity (Wildman–Crippen MR) is 106 cm³/mol. The van der Waals surface area contributed by atoms with Gasteiger partial charge in [-0.15, -0.1) is 0 Å². The average molecular weight is 400 g/mol. The maximum absolute atomic E-state index is 12.8. The number of nitrogens with zero attached hydrogens (tertiary/aromatic N) is 2. The normalized spacial score (nSPS) is 22.7. The second kappa shape index (κ2) is 8.35. The lowest BCUT2D eigenvalue weighted by Crippen LogP contribution is -2.50. The first-order chi connectivity index (χ1) is 13.7. The van der Waals surface area contributed by atoms with Crippen LogP contribution in [0.15, 0.2) is 24.3 Å². The number of rotatable bonds is 5. The van der Waals surface area contributed by atoms with E-state index < -0.39 is 23.8 Å². The van der Waals surface area contributed by atoms with Gasteiger partial charge in [0.1, 0.15) is 6.04 Å². The van der Waals surface area contributed by atoms with Crippen molar-refractivity contribution >= 4 is 23.7 Å². The molecule has 3 atom stereocenters. The van der Waals surface area contributed by atoms with Crippen molar-refractivity contribution < 1.29 is 23.9 Å². The highest BCUT2D eigenvalue weighted by Gasteiger charge is 2.44. The number of amides is 3. The maximum atomic E-state index is 12.8. The summed E-state index contributed by atoms with van der Waals surface area (Å²) in [6.07, 6.45) is 1.07. The van der Waals surface area contributed by atoms with Crippen LogP contribution in [0.1, 0.15) is 54.8 Å². The molecule has 2 aliphatic rings. The van der Waals surface area contributed by atoms with Gasteiger partial charge in [-0.1, -0.05) is 39.8 Å². The summed E-state index contributed by atoms with van der Waals surface area (Å²) in [5.41, 5.74) is 0.562. The highest BCUT2D eigenvalue weighted by Crippen LogP contribution is 2.28. The van der Waals surface area contributed by atoms with Gasteiger partial charge in [-0.2, -0.15) is 0 Å². The van der Waals surface area contributed by atoms with Crippen LogP contribution in [0.2, 0.25) is 0 Å². The van der Waals surface area contributed by atoms with Crippen LogP contribution in [-0.2, 0) is 14.3 Å². The number of hydrogen-bond donors (Lipinski definition) is 0. The van der Waals surface area contributed by atoms with E-state index in [9.17, 15) is 19.2 Å². The Balaban J connectivity index is 1.69. The molecule has 156 valence electrons. The van der Waals surface area contributed by atoms with Crippen molar-refractivity contribution in [3.8, 4) is 0 Å². The molecule has 7 heteroatoms. The van der Waals surface area contributed by atoms with Crippen LogP contribution < -0.4 is 0 Å². The molecule has 0 spiro atoms. The van der Waals surface area contributed by atoms with Crippen molar-refractivity contribution in [1.82, 2.24) is 9.80 Å². The third kappa shape index (κ3) is 4.18. The van der Waals surface area contributed by atoms with Crippen molar-refractivity contribution in [1.29, 1.82) is 0 Å². The molecule has 3 amide bonds. The Kier molecular flexibility index (Phi) is 6.05. The summed E-state index contributed by atoms with van der Waals surface area (Å²) in [6, 6.07) is 5.42. The lowest BCUT2D eigenvalue weighted by molar-refractivity contribution is -0.157. The zero-order valence-corrected chi connectivity index (χ0v) is 17.4. The number of fused-ring (bicyclic) bond motifs is 1. The SMILES string of the molecule is CC(C)[C@H](C(=O)OCC(=O)N1C[C@H](C)C[C@@H](C)C1)N1C(=O)c2ccccc2C1=O. The average Bonchev–Trinajstić information content (AvgIpc) is 2.91. The van der Waals surface area contributed by atoms with Crippen LogP contribution in [0, 0.1) is 17.8 Å². The lowest BCUT2D eigenvalue weighted by atomic mass is 9.92. The summed E-state index contributed by atoms with van der Waals surface area (Å²) in [5.74, 6) is -1.55. The first-order valence-electron chi connectivity index (χ1n) is 10.1. The smallest absolute Gasteiger partial charge is 0.330 e. The number of likely N-dealkylation sites (tertiary alicyclic amines) is 1. The van der Waals surface area contributed by atoms with E-state index in [1.807, 2.05) is 0 Å². The molecule has 0 saturated carbocycles. The summed E-state index contributed by atoms with van der Waals surface area (Å²) in [5, 5.41) is 0. The topological polar surface area (TPSA) is 84.0 Å². The molecule has 2 aliphatic heterocycles. The van der Waals surface area contributed by atoms with Crippen LogP contribution in [0.25, 0.3) is 0 Å². The molecule has 3 rings (SSSR count). The molecular formula is C22H28N2O5. The Morgan fingerprint density at radius 3 is 2.03 bits per heavy atom. The molecule has 0 radical (unpaired) electrons. The number of carbonyl (C=O) groups excluding carboxylic acids is 4. The fourth-order valence-corrected chi connectivity index (χ4v) is 4.31. The Labute approximate surface area is 171 Å². The summed E-state index contributed by atoms with van der Waals surface area (Å²) >= 11 is 0. The van der Waals surface area contributed by atoms with E-state index >= 15 is 0 Å². The number of esters is 1. The van der Waals surface area contributed by atoms with E-state index in [4.69, 9.17) is 4.74 Å². The third-order valence-corrected chi connectivity index (χ3v) is 5.54. The van der Waals surface area contributed by atoms with Gasteiger partial charge in [0, 0.05) is 13.1 Å². The van der Waals surface area contributed by atoms with Crippen molar-refractivity contribution in [2.75, 3.05) is 19.7 Å². The zero-order chi connectivity index (χ0) is 21.3. The molecule has 1 saturated heterocycles. The second-order valence-corrected chi connectivity index (χ2v) is 8.57. The largest absolute Gasteiger partial charge is 0.454 e. The maximum Gasteiger partial charge on any atom is 0.330 e. The van der Waals surface area contributed by atoms with E-state index in [1.54, 1.807) is 43.0 Å². The molecule has 0 unspecified atom stereocenters. The highest BCUT2D eigenvalue weighted by atomic mass is 16.5. The standard InChI is InChI=1S/C22H28N2O5/c1-13(2)19(24-20(26)16-7-5-6-8-17(16)21(24)27)22(28)29-12-18(25)23-10-14(3)9-15(4)11-23/h5-8,13-15,19H,9-12H2,1-4H3/t14-,15-,19-/m1/s1. The highest BCUT2D eigenvalue weighted by molar-refractivity contribution is 6.22. The molecule has 2 heterocycles. The van der Waals surface area contributed by atoms with Gasteiger partial charge in [0.05, 0.1) is 11.1 Å². The first-order valence-corrected chi connectivity index (χ1v) is 10.1. The molecule has 7 nitrogen and oxygen atoms in total. The van der Waals surface area contributed by atoms with Gasteiger partial charge >= 0.3 is 5.97 Å². The minimum Gasteiger partial charge on any atom is -0.454 e. The van der Waals surface area contributed by atoms with Gasteiger partial charge in [-0.05, 0) is 36.3 Å². The molecule has 1 aromatic carbocycles. The number of ether oxygens (including phenoxy) is 1. The monoisotopic (exact) mass is 400 g/mol. The quantitative estimate of drug-likeness (QED) is 0.560. The van der Waals surface area contributed by atoms with E-state index in [0.717, 1.165) is 11.3 Å². The number of benzene rings is 1. The summed E-state index contributed by atoms with van der Waals surface area (Å²) in [4.78, 5) is 53.5. The van der Waals surface area contributed by atoms with Gasteiger partial charge < -0.3 is 9.64 Å². The minimum absolute atomic E-state index is 0.249. The summed E-state index contributed by atoms with van der Waals surface area (Å²) in [7, 11) is 0. The summed E-state index contributed by atoms with van der Waals surface area (Å²) in [6.45, 7) is 8.58. The van der Waals surface area contributed by atoms with Gasteiger partial charge in [0.15, 0.2) is 6.61 Å². The van der Waals surface area contributed by atoms with Crippen molar-refractivity contribution in [2.24, 2.45) is 17.8 Å². The van der Waals surface area contributed by atoms with Crippen LogP contribution in [0.3, 0.4) is 0 Å². The predicted octanol–water partition coefficient (Wildman–Crippen LogP) is 2.35. The van der Waals surface area contributed by atoms with Crippen LogP contribution in [0.4, 0.5) is 0 Å². The lowest BCUT2D eigenvalue weighted by Gasteiger charge is -2.35. The Hall–Kier alpha value is -2.70. The Bertz CT molecular complexity index is 789. The van der Waals surface area contributed by atoms with Crippen LogP contribution in [0.5, 0.6) is 0 Å². The van der Waals surface area contributed by atoms with Gasteiger partial charge in [-0.25, -0.2) is 4.79 Å². The van der Waals surface area contributed by atoms with Crippen molar-refractivity contribution in [3.63, 3.8) is 0 Å². The molecule has 1 aromatic rings. The molecular weight excluding hydrogens is 372 g/mol. The zero-order valence-electron chi connectivity index (χ0n) is 17.4. The second-order valence-electron chi connectivity index (χ2n) is 8.57. The Morgan fingerprint density at radius 2 is 1.55 bits per heavy atom. The molecule has 0 aromatic heterocycles. The first kappa shape index (κ1) is 21.0. The molecule has 0 N–H and O–H groups in total. The molecule has 0 bridgehead atoms. The number of hydrogen-bond acceptors (Lipinski definition) is 5. The minimum atomic E-state index is -1.07. The fraction of sp³-hybridized carbons (Fsp3) is 0.545. The van der Waals surface area contributed by atoms with E-state index in [-0.39, 0.29) is 29.6 Å². The van der Waals surface area contributed by atoms with E-state index in [2.05, 4.69) is 13.8 Å². The van der Waals surface area contributed by atoms with Gasteiger partial charge in [0.2, 0.25) is 0 Å².